The number of para-hydroxylation sites is 4. The molecule has 4 nitrogen and oxygen atoms in total. The van der Waals surface area contributed by atoms with E-state index in [9.17, 15) is 0 Å². The van der Waals surface area contributed by atoms with E-state index in [2.05, 4.69) is 380 Å². The van der Waals surface area contributed by atoms with Crippen LogP contribution in [0.1, 0.15) is 27.7 Å². The summed E-state index contributed by atoms with van der Waals surface area (Å²) in [6.45, 7) is 8.37. The first-order valence-corrected chi connectivity index (χ1v) is 33.9. The number of hydrogen-bond acceptors (Lipinski definition) is 2. The third kappa shape index (κ3) is 10.2. The van der Waals surface area contributed by atoms with Gasteiger partial charge in [-0.2, -0.15) is 0 Å². The number of halogens is 1. The largest absolute Gasteiger partial charge is 0.494 e. The highest BCUT2D eigenvalue weighted by molar-refractivity contribution is 9.10. The molecule has 1 aliphatic heterocycles. The molecule has 1 fully saturated rings. The lowest BCUT2D eigenvalue weighted by molar-refractivity contribution is 0.00578. The van der Waals surface area contributed by atoms with Crippen LogP contribution in [0.5, 0.6) is 0 Å². The number of nitrogens with zero attached hydrogens (tertiary/aromatic N) is 2. The van der Waals surface area contributed by atoms with E-state index >= 15 is 0 Å². The molecule has 6 heteroatoms. The highest BCUT2D eigenvalue weighted by Crippen LogP contribution is 2.42. The lowest BCUT2D eigenvalue weighted by atomic mass is 9.78. The molecule has 0 radical (unpaired) electrons. The topological polar surface area (TPSA) is 28.3 Å². The Kier molecular flexibility index (Phi) is 14.6. The summed E-state index contributed by atoms with van der Waals surface area (Å²) in [6, 6.07) is 118. The number of fused-ring (bicyclic) bond motifs is 18. The summed E-state index contributed by atoms with van der Waals surface area (Å²) in [6.07, 6.45) is 0. The van der Waals surface area contributed by atoms with Crippen molar-refractivity contribution in [2.24, 2.45) is 0 Å². The second-order valence-electron chi connectivity index (χ2n) is 26.3. The maximum absolute atomic E-state index is 6.29. The molecule has 0 saturated carbocycles. The highest BCUT2D eigenvalue weighted by Gasteiger charge is 2.51. The Labute approximate surface area is 567 Å². The van der Waals surface area contributed by atoms with E-state index in [4.69, 9.17) is 9.31 Å². The van der Waals surface area contributed by atoms with Gasteiger partial charge in [-0.1, -0.05) is 265 Å². The third-order valence-electron chi connectivity index (χ3n) is 20.1. The van der Waals surface area contributed by atoms with Crippen LogP contribution in [0.15, 0.2) is 332 Å². The Morgan fingerprint density at radius 3 is 0.885 bits per heavy atom. The summed E-state index contributed by atoms with van der Waals surface area (Å²) in [5.74, 6) is 0. The average Bonchev–Trinajstić information content (AvgIpc) is 1.77. The van der Waals surface area contributed by atoms with E-state index in [1.165, 1.54) is 153 Å². The minimum atomic E-state index is -0.361. The second kappa shape index (κ2) is 23.9. The van der Waals surface area contributed by atoms with Crippen LogP contribution in [-0.2, 0) is 9.31 Å². The monoisotopic (exact) mass is 1300 g/mol. The van der Waals surface area contributed by atoms with E-state index in [0.29, 0.717) is 0 Å². The molecule has 0 aliphatic carbocycles. The van der Waals surface area contributed by atoms with Crippen molar-refractivity contribution in [1.82, 2.24) is 9.13 Å². The quantitative estimate of drug-likeness (QED) is 0.123. The standard InChI is InChI=1S/C42H27N.C30H27BO2.C18H12BrN/c1-2-14-35-33(12-1)34-13-3-4-15-36(34)40-27-31(22-25-37(35)40)30-11-9-10-29(26-30)28-20-23-32(24-21-28)43-41-18-7-5-16-38(41)39-17-6-8-19-42(39)43;1-29(2)30(3,4)33-31(32-29)22-11-9-10-20(18-22)21-16-17-27-25-14-6-5-12-23(25)24-13-7-8-15-26(24)28(27)19-21;19-13-9-11-14(12-10-13)20-17-7-3-1-5-15(17)16-6-2-4-8-18(16)20/h1-27H;5-19H,1-4H3;1-12H. The van der Waals surface area contributed by atoms with Crippen LogP contribution in [0, 0.1) is 0 Å². The number of benzene rings is 16. The predicted molar refractivity (Wildman–Crippen MR) is 413 cm³/mol. The summed E-state index contributed by atoms with van der Waals surface area (Å²) in [7, 11) is -0.361. The van der Waals surface area contributed by atoms with Crippen molar-refractivity contribution in [2.45, 2.75) is 38.9 Å². The molecule has 0 N–H and O–H groups in total. The van der Waals surface area contributed by atoms with Crippen molar-refractivity contribution >= 4 is 137 Å². The molecule has 0 spiro atoms. The molecule has 0 unspecified atom stereocenters. The van der Waals surface area contributed by atoms with Gasteiger partial charge in [0.2, 0.25) is 0 Å². The van der Waals surface area contributed by atoms with Gasteiger partial charge < -0.3 is 18.4 Å². The van der Waals surface area contributed by atoms with Crippen molar-refractivity contribution in [3.63, 3.8) is 0 Å². The van der Waals surface area contributed by atoms with Crippen LogP contribution in [-0.4, -0.2) is 27.5 Å². The molecule has 1 saturated heterocycles. The van der Waals surface area contributed by atoms with Crippen LogP contribution in [0.25, 0.3) is 153 Å². The van der Waals surface area contributed by atoms with Crippen molar-refractivity contribution in [1.29, 1.82) is 0 Å². The van der Waals surface area contributed by atoms with Gasteiger partial charge >= 0.3 is 7.12 Å². The highest BCUT2D eigenvalue weighted by atomic mass is 79.9. The van der Waals surface area contributed by atoms with Gasteiger partial charge in [0.05, 0.1) is 33.3 Å². The Hall–Kier alpha value is -10.9. The molecule has 1 aliphatic rings. The average molecular weight is 1300 g/mol. The van der Waals surface area contributed by atoms with Gasteiger partial charge in [0.15, 0.2) is 0 Å². The molecular formula is C90H66BBrN2O2. The fourth-order valence-corrected chi connectivity index (χ4v) is 15.0. The van der Waals surface area contributed by atoms with E-state index in [0.717, 1.165) is 9.94 Å². The SMILES string of the molecule is Brc1ccc(-n2c3ccccc3c3ccccc32)cc1.CC1(C)OB(c2cccc(-c3ccc4c5ccccc5c5ccccc5c4c3)c2)OC1(C)C.c1cc(-c2ccc(-n3c4ccccc4c4ccccc43)cc2)cc(-c2ccc3c4ccccc4c4ccccc4c3c2)c1. The number of rotatable bonds is 6. The molecule has 0 amide bonds. The molecule has 19 rings (SSSR count). The molecule has 3 heterocycles. The predicted octanol–water partition coefficient (Wildman–Crippen LogP) is 24.2. The maximum atomic E-state index is 6.29. The Balaban J connectivity index is 0.000000116. The van der Waals surface area contributed by atoms with Crippen LogP contribution >= 0.6 is 15.9 Å². The van der Waals surface area contributed by atoms with Crippen molar-refractivity contribution in [3.05, 3.63) is 332 Å². The molecular weight excluding hydrogens is 1230 g/mol. The third-order valence-corrected chi connectivity index (χ3v) is 20.7. The van der Waals surface area contributed by atoms with Crippen molar-refractivity contribution < 1.29 is 9.31 Å². The Morgan fingerprint density at radius 1 is 0.240 bits per heavy atom. The normalized spacial score (nSPS) is 13.5. The number of hydrogen-bond donors (Lipinski definition) is 0. The summed E-state index contributed by atoms with van der Waals surface area (Å²) in [5, 5.41) is 20.7. The summed E-state index contributed by atoms with van der Waals surface area (Å²) >= 11 is 3.50. The zero-order valence-electron chi connectivity index (χ0n) is 53.8. The van der Waals surface area contributed by atoms with Gasteiger partial charge in [0.25, 0.3) is 0 Å². The van der Waals surface area contributed by atoms with E-state index in [1.807, 2.05) is 0 Å². The maximum Gasteiger partial charge on any atom is 0.494 e. The van der Waals surface area contributed by atoms with Crippen LogP contribution in [0.3, 0.4) is 0 Å². The van der Waals surface area contributed by atoms with Gasteiger partial charge in [0.1, 0.15) is 0 Å². The zero-order chi connectivity index (χ0) is 64.7. The van der Waals surface area contributed by atoms with Crippen LogP contribution in [0.2, 0.25) is 0 Å². The first-order chi connectivity index (χ1) is 47.0. The fourth-order valence-electron chi connectivity index (χ4n) is 14.7. The molecule has 16 aromatic carbocycles. The lowest BCUT2D eigenvalue weighted by Crippen LogP contribution is -2.41. The van der Waals surface area contributed by atoms with Gasteiger partial charge in [0, 0.05) is 37.4 Å². The minimum absolute atomic E-state index is 0.351. The molecule has 458 valence electrons. The molecule has 18 aromatic rings. The van der Waals surface area contributed by atoms with E-state index in [1.54, 1.807) is 0 Å². The second-order valence-corrected chi connectivity index (χ2v) is 27.2. The van der Waals surface area contributed by atoms with Crippen molar-refractivity contribution in [2.75, 3.05) is 0 Å². The summed E-state index contributed by atoms with van der Waals surface area (Å²) < 4.78 is 18.4. The molecule has 0 atom stereocenters. The van der Waals surface area contributed by atoms with Gasteiger partial charge in [-0.05, 0) is 210 Å². The Bertz CT molecular complexity index is 5870. The first-order valence-electron chi connectivity index (χ1n) is 33.1. The van der Waals surface area contributed by atoms with Crippen molar-refractivity contribution in [3.8, 4) is 44.8 Å². The molecule has 96 heavy (non-hydrogen) atoms. The Morgan fingerprint density at radius 2 is 0.510 bits per heavy atom. The van der Waals surface area contributed by atoms with Crippen LogP contribution in [0.4, 0.5) is 0 Å². The smallest absolute Gasteiger partial charge is 0.399 e. The first kappa shape index (κ1) is 58.9. The van der Waals surface area contributed by atoms with Crippen LogP contribution < -0.4 is 5.46 Å². The lowest BCUT2D eigenvalue weighted by Gasteiger charge is -2.32. The van der Waals surface area contributed by atoms with Gasteiger partial charge in [-0.3, -0.25) is 0 Å². The summed E-state index contributed by atoms with van der Waals surface area (Å²) in [5.41, 5.74) is 14.9. The van der Waals surface area contributed by atoms with Gasteiger partial charge in [-0.15, -0.1) is 0 Å². The zero-order valence-corrected chi connectivity index (χ0v) is 55.4. The summed E-state index contributed by atoms with van der Waals surface area (Å²) in [4.78, 5) is 0. The fraction of sp³-hybridized carbons (Fsp3) is 0.0667. The number of aromatic nitrogens is 2. The molecule has 0 bridgehead atoms. The van der Waals surface area contributed by atoms with Gasteiger partial charge in [-0.25, -0.2) is 0 Å². The van der Waals surface area contributed by atoms with E-state index < -0.39 is 0 Å². The molecule has 2 aromatic heterocycles. The van der Waals surface area contributed by atoms with E-state index in [-0.39, 0.29) is 18.3 Å². The minimum Gasteiger partial charge on any atom is -0.399 e.